The number of allylic oxidation sites excluding steroid dienone is 1. The second-order valence-corrected chi connectivity index (χ2v) is 8.46. The topological polar surface area (TPSA) is 81.4 Å². The van der Waals surface area contributed by atoms with Gasteiger partial charge in [-0.05, 0) is 59.4 Å². The minimum absolute atomic E-state index is 0.286. The molecule has 0 saturated carbocycles. The van der Waals surface area contributed by atoms with Crippen molar-refractivity contribution in [2.75, 3.05) is 6.54 Å². The number of ether oxygens (including phenoxy) is 1. The van der Waals surface area contributed by atoms with Gasteiger partial charge in [0, 0.05) is 6.54 Å². The number of hydrogen-bond donors (Lipinski definition) is 2. The van der Waals surface area contributed by atoms with Gasteiger partial charge in [-0.15, -0.1) is 0 Å². The highest BCUT2D eigenvalue weighted by molar-refractivity contribution is 5.93. The van der Waals surface area contributed by atoms with Gasteiger partial charge in [0.25, 0.3) is 5.91 Å². The van der Waals surface area contributed by atoms with E-state index in [0.29, 0.717) is 18.9 Å². The molecule has 1 atom stereocenters. The monoisotopic (exact) mass is 432 g/mol. The van der Waals surface area contributed by atoms with Gasteiger partial charge in [-0.3, -0.25) is 4.79 Å². The molecule has 0 saturated heterocycles. The third kappa shape index (κ3) is 6.33. The molecule has 2 aromatic rings. The predicted octanol–water partition coefficient (Wildman–Crippen LogP) is 5.40. The molecule has 2 amide bonds. The summed E-state index contributed by atoms with van der Waals surface area (Å²) in [5.41, 5.74) is 11.1. The third-order valence-electron chi connectivity index (χ3n) is 5.53. The highest BCUT2D eigenvalue weighted by Gasteiger charge is 2.21. The summed E-state index contributed by atoms with van der Waals surface area (Å²) in [4.78, 5) is 23.6. The van der Waals surface area contributed by atoms with Gasteiger partial charge in [0.1, 0.15) is 0 Å². The standard InChI is InChI=1S/C27H32N2O3/c1-19(2)14-17-25(32-27(28)31)26(30)29-18-8-7-13-24-22-11-5-3-9-20(22)15-16-21-10-4-6-12-23(21)24/h3-6,9-13,15-16,19,25H,7-8,14,17-18H2,1-2H3,(H2,28,31)(H,29,30)/t25-/m0/s1. The van der Waals surface area contributed by atoms with Crippen molar-refractivity contribution in [1.29, 1.82) is 0 Å². The van der Waals surface area contributed by atoms with Gasteiger partial charge in [-0.2, -0.15) is 0 Å². The first-order valence-electron chi connectivity index (χ1n) is 11.3. The third-order valence-corrected chi connectivity index (χ3v) is 5.53. The molecule has 32 heavy (non-hydrogen) atoms. The summed E-state index contributed by atoms with van der Waals surface area (Å²) >= 11 is 0. The highest BCUT2D eigenvalue weighted by atomic mass is 16.6. The summed E-state index contributed by atoms with van der Waals surface area (Å²) in [5, 5.41) is 2.89. The minimum atomic E-state index is -0.919. The molecule has 0 aliphatic heterocycles. The molecule has 0 fully saturated rings. The van der Waals surface area contributed by atoms with E-state index in [2.05, 4.69) is 85.9 Å². The molecule has 3 N–H and O–H groups in total. The van der Waals surface area contributed by atoms with Crippen LogP contribution in [-0.2, 0) is 9.53 Å². The number of fused-ring (bicyclic) bond motifs is 2. The Morgan fingerprint density at radius 1 is 0.969 bits per heavy atom. The van der Waals surface area contributed by atoms with Crippen molar-refractivity contribution in [2.45, 2.75) is 45.6 Å². The van der Waals surface area contributed by atoms with E-state index < -0.39 is 12.2 Å². The van der Waals surface area contributed by atoms with E-state index in [0.717, 1.165) is 19.3 Å². The zero-order valence-electron chi connectivity index (χ0n) is 18.8. The van der Waals surface area contributed by atoms with Gasteiger partial charge in [0.2, 0.25) is 0 Å². The van der Waals surface area contributed by atoms with Gasteiger partial charge in [0.15, 0.2) is 6.10 Å². The van der Waals surface area contributed by atoms with Crippen molar-refractivity contribution >= 4 is 29.7 Å². The maximum atomic E-state index is 12.5. The van der Waals surface area contributed by atoms with Gasteiger partial charge >= 0.3 is 6.09 Å². The second kappa shape index (κ2) is 11.3. The van der Waals surface area contributed by atoms with E-state index in [-0.39, 0.29) is 5.91 Å². The van der Waals surface area contributed by atoms with Gasteiger partial charge in [0.05, 0.1) is 0 Å². The summed E-state index contributed by atoms with van der Waals surface area (Å²) in [6, 6.07) is 16.8. The molecule has 0 radical (unpaired) electrons. The summed E-state index contributed by atoms with van der Waals surface area (Å²) < 4.78 is 5.01. The Morgan fingerprint density at radius 3 is 2.12 bits per heavy atom. The number of hydrogen-bond acceptors (Lipinski definition) is 3. The average molecular weight is 433 g/mol. The Kier molecular flexibility index (Phi) is 8.26. The van der Waals surface area contributed by atoms with E-state index in [9.17, 15) is 9.59 Å². The number of unbranched alkanes of at least 4 members (excludes halogenated alkanes) is 1. The van der Waals surface area contributed by atoms with Crippen LogP contribution < -0.4 is 11.1 Å². The molecule has 5 heteroatoms. The lowest BCUT2D eigenvalue weighted by atomic mass is 9.92. The molecular weight excluding hydrogens is 400 g/mol. The zero-order chi connectivity index (χ0) is 22.9. The molecule has 0 heterocycles. The first-order valence-corrected chi connectivity index (χ1v) is 11.3. The summed E-state index contributed by atoms with van der Waals surface area (Å²) in [6.07, 6.45) is 7.65. The number of benzene rings is 2. The van der Waals surface area contributed by atoms with E-state index in [1.54, 1.807) is 0 Å². The molecule has 3 rings (SSSR count). The highest BCUT2D eigenvalue weighted by Crippen LogP contribution is 2.34. The van der Waals surface area contributed by atoms with Crippen molar-refractivity contribution in [3.05, 3.63) is 76.9 Å². The Bertz CT molecular complexity index is 956. The van der Waals surface area contributed by atoms with E-state index in [1.165, 1.54) is 27.8 Å². The normalized spacial score (nSPS) is 13.0. The van der Waals surface area contributed by atoms with Crippen LogP contribution in [0.25, 0.3) is 17.7 Å². The van der Waals surface area contributed by atoms with E-state index in [4.69, 9.17) is 10.5 Å². The number of carbonyl (C=O) groups is 2. The fourth-order valence-corrected chi connectivity index (χ4v) is 3.86. The quantitative estimate of drug-likeness (QED) is 0.444. The molecule has 1 aliphatic rings. The number of carbonyl (C=O) groups excluding carboxylic acids is 2. The van der Waals surface area contributed by atoms with Gasteiger partial charge in [-0.1, -0.05) is 80.6 Å². The Morgan fingerprint density at radius 2 is 1.56 bits per heavy atom. The lowest BCUT2D eigenvalue weighted by Gasteiger charge is -2.17. The molecular formula is C27H32N2O3. The van der Waals surface area contributed by atoms with Crippen LogP contribution >= 0.6 is 0 Å². The zero-order valence-corrected chi connectivity index (χ0v) is 18.8. The molecule has 0 bridgehead atoms. The molecule has 168 valence electrons. The molecule has 0 unspecified atom stereocenters. The van der Waals surface area contributed by atoms with E-state index >= 15 is 0 Å². The Hall–Kier alpha value is -3.34. The van der Waals surface area contributed by atoms with Crippen LogP contribution in [0.2, 0.25) is 0 Å². The van der Waals surface area contributed by atoms with Crippen LogP contribution in [0.1, 0.15) is 61.8 Å². The van der Waals surface area contributed by atoms with Gasteiger partial charge < -0.3 is 15.8 Å². The number of nitrogens with one attached hydrogen (secondary N) is 1. The second-order valence-electron chi connectivity index (χ2n) is 8.46. The van der Waals surface area contributed by atoms with Crippen molar-refractivity contribution in [3.8, 4) is 0 Å². The molecule has 0 spiro atoms. The fourth-order valence-electron chi connectivity index (χ4n) is 3.86. The lowest BCUT2D eigenvalue weighted by Crippen LogP contribution is -2.39. The number of primary amides is 1. The smallest absolute Gasteiger partial charge is 0.405 e. The summed E-state index contributed by atoms with van der Waals surface area (Å²) in [5.74, 6) is 0.125. The number of rotatable bonds is 9. The van der Waals surface area contributed by atoms with Crippen LogP contribution in [0.5, 0.6) is 0 Å². The summed E-state index contributed by atoms with van der Waals surface area (Å²) in [7, 11) is 0. The van der Waals surface area contributed by atoms with Crippen molar-refractivity contribution in [1.82, 2.24) is 5.32 Å². The first-order chi connectivity index (χ1) is 15.5. The Labute approximate surface area is 190 Å². The van der Waals surface area contributed by atoms with Crippen LogP contribution in [-0.4, -0.2) is 24.6 Å². The Balaban J connectivity index is 1.63. The van der Waals surface area contributed by atoms with Crippen LogP contribution in [0.3, 0.4) is 0 Å². The minimum Gasteiger partial charge on any atom is -0.436 e. The maximum Gasteiger partial charge on any atom is 0.405 e. The average Bonchev–Trinajstić information content (AvgIpc) is 2.93. The predicted molar refractivity (Wildman–Crippen MR) is 130 cm³/mol. The molecule has 0 aromatic heterocycles. The molecule has 2 aromatic carbocycles. The van der Waals surface area contributed by atoms with Crippen LogP contribution in [0, 0.1) is 5.92 Å². The van der Waals surface area contributed by atoms with Crippen LogP contribution in [0.4, 0.5) is 4.79 Å². The molecule has 5 nitrogen and oxygen atoms in total. The fraction of sp³-hybridized carbons (Fsp3) is 0.333. The van der Waals surface area contributed by atoms with Crippen LogP contribution in [0.15, 0.2) is 54.6 Å². The lowest BCUT2D eigenvalue weighted by molar-refractivity contribution is -0.129. The largest absolute Gasteiger partial charge is 0.436 e. The number of amides is 2. The first kappa shape index (κ1) is 23.3. The van der Waals surface area contributed by atoms with Crippen molar-refractivity contribution in [2.24, 2.45) is 11.7 Å². The SMILES string of the molecule is CC(C)CC[C@H](OC(N)=O)C(=O)NCCCC=C1c2ccccc2C=Cc2ccccc21. The number of nitrogens with two attached hydrogens (primary N) is 1. The molecule has 1 aliphatic carbocycles. The van der Waals surface area contributed by atoms with Crippen molar-refractivity contribution in [3.63, 3.8) is 0 Å². The van der Waals surface area contributed by atoms with E-state index in [1.807, 2.05) is 0 Å². The maximum absolute atomic E-state index is 12.5. The summed E-state index contributed by atoms with van der Waals surface area (Å²) in [6.45, 7) is 4.63. The van der Waals surface area contributed by atoms with Gasteiger partial charge in [-0.25, -0.2) is 4.79 Å². The van der Waals surface area contributed by atoms with Crippen molar-refractivity contribution < 1.29 is 14.3 Å².